The predicted molar refractivity (Wildman–Crippen MR) is 136 cm³/mol. The van der Waals surface area contributed by atoms with E-state index >= 15 is 0 Å². The molecule has 0 aliphatic carbocycles. The third-order valence-corrected chi connectivity index (χ3v) is 8.18. The van der Waals surface area contributed by atoms with Gasteiger partial charge >= 0.3 is 0 Å². The Morgan fingerprint density at radius 3 is 2.66 bits per heavy atom. The van der Waals surface area contributed by atoms with Crippen LogP contribution >= 0.6 is 0 Å². The molecule has 2 aliphatic heterocycles. The van der Waals surface area contributed by atoms with Gasteiger partial charge in [0.05, 0.1) is 17.0 Å². The van der Waals surface area contributed by atoms with Crippen LogP contribution < -0.4 is 10.1 Å². The maximum absolute atomic E-state index is 13.2. The van der Waals surface area contributed by atoms with E-state index in [0.717, 1.165) is 32.5 Å². The largest absolute Gasteiger partial charge is 0.482 e. The summed E-state index contributed by atoms with van der Waals surface area (Å²) in [4.78, 5) is 17.2. The van der Waals surface area contributed by atoms with Crippen molar-refractivity contribution in [2.24, 2.45) is 0 Å². The Kier molecular flexibility index (Phi) is 8.91. The van der Waals surface area contributed by atoms with Crippen molar-refractivity contribution in [2.45, 2.75) is 36.4 Å². The maximum atomic E-state index is 13.2. The normalized spacial score (nSPS) is 21.6. The molecule has 35 heavy (non-hydrogen) atoms. The first-order valence-corrected chi connectivity index (χ1v) is 13.3. The zero-order valence-corrected chi connectivity index (χ0v) is 21.4. The van der Waals surface area contributed by atoms with Crippen LogP contribution in [0.4, 0.5) is 0 Å². The topological polar surface area (TPSA) is 85.4 Å². The molecule has 1 fully saturated rings. The minimum Gasteiger partial charge on any atom is -0.482 e. The first kappa shape index (κ1) is 25.8. The van der Waals surface area contributed by atoms with Gasteiger partial charge in [-0.1, -0.05) is 36.4 Å². The Labute approximate surface area is 210 Å². The summed E-state index contributed by atoms with van der Waals surface area (Å²) in [5.74, 6) is 0.231. The van der Waals surface area contributed by atoms with Crippen molar-refractivity contribution in [3.8, 4) is 5.75 Å². The van der Waals surface area contributed by atoms with Crippen LogP contribution in [0, 0.1) is 0 Å². The van der Waals surface area contributed by atoms with Crippen LogP contribution in [0.3, 0.4) is 0 Å². The number of hydrogen-bond acceptors (Lipinski definition) is 6. The molecule has 1 saturated heterocycles. The summed E-state index contributed by atoms with van der Waals surface area (Å²) in [7, 11) is 2.32. The van der Waals surface area contributed by atoms with Crippen LogP contribution in [-0.2, 0) is 28.7 Å². The van der Waals surface area contributed by atoms with E-state index in [9.17, 15) is 14.1 Å². The van der Waals surface area contributed by atoms with E-state index < -0.39 is 17.1 Å². The summed E-state index contributed by atoms with van der Waals surface area (Å²) < 4.78 is 20.7. The molecule has 0 radical (unpaired) electrons. The number of benzene rings is 2. The first-order chi connectivity index (χ1) is 16.9. The van der Waals surface area contributed by atoms with Crippen molar-refractivity contribution in [3.05, 3.63) is 59.7 Å². The fourth-order valence-electron chi connectivity index (χ4n) is 4.70. The van der Waals surface area contributed by atoms with Gasteiger partial charge in [0, 0.05) is 39.3 Å². The van der Waals surface area contributed by atoms with Crippen molar-refractivity contribution in [3.63, 3.8) is 0 Å². The summed E-state index contributed by atoms with van der Waals surface area (Å²) in [5, 5.41) is 13.2. The number of carbonyl (C=O) groups is 1. The minimum absolute atomic E-state index is 0.0718. The van der Waals surface area contributed by atoms with Gasteiger partial charge in [-0.2, -0.15) is 0 Å². The van der Waals surface area contributed by atoms with Gasteiger partial charge in [0.2, 0.25) is 0 Å². The third kappa shape index (κ3) is 6.68. The number of para-hydroxylation sites is 1. The zero-order valence-electron chi connectivity index (χ0n) is 20.6. The van der Waals surface area contributed by atoms with Crippen molar-refractivity contribution in [1.29, 1.82) is 0 Å². The molecule has 1 amide bonds. The Morgan fingerprint density at radius 2 is 1.89 bits per heavy atom. The summed E-state index contributed by atoms with van der Waals surface area (Å²) in [5.41, 5.74) is 2.83. The quantitative estimate of drug-likeness (QED) is 0.478. The van der Waals surface area contributed by atoms with E-state index in [1.807, 2.05) is 19.0 Å². The highest BCUT2D eigenvalue weighted by Gasteiger charge is 2.36. The maximum Gasteiger partial charge on any atom is 0.257 e. The number of amides is 1. The number of ether oxygens (including phenoxy) is 1. The molecule has 2 heterocycles. The van der Waals surface area contributed by atoms with Gasteiger partial charge in [0.25, 0.3) is 5.91 Å². The summed E-state index contributed by atoms with van der Waals surface area (Å²) in [6.07, 6.45) is 1.38. The van der Waals surface area contributed by atoms with E-state index in [-0.39, 0.29) is 18.6 Å². The molecule has 2 aliphatic rings. The number of β-amino-alcohol motifs (C(OH)–C–C–N with tert-alkyl or cyclic N) is 1. The first-order valence-electron chi connectivity index (χ1n) is 12.2. The van der Waals surface area contributed by atoms with Gasteiger partial charge in [-0.05, 0) is 50.2 Å². The van der Waals surface area contributed by atoms with Crippen molar-refractivity contribution < 1.29 is 18.8 Å². The molecular weight excluding hydrogens is 464 g/mol. The number of carbonyl (C=O) groups excluding carboxylic acids is 1. The predicted octanol–water partition coefficient (Wildman–Crippen LogP) is 1.26. The SMILES string of the molecule is CN(C)C1CN(S(=O)c2ccccc2OCC(=O)NCCCN2CCc3ccccc3C2)CC1O. The van der Waals surface area contributed by atoms with E-state index in [1.165, 1.54) is 11.1 Å². The Hall–Kier alpha value is -2.30. The lowest BCUT2D eigenvalue weighted by atomic mass is 10.00. The van der Waals surface area contributed by atoms with Crippen molar-refractivity contribution in [2.75, 3.05) is 53.4 Å². The lowest BCUT2D eigenvalue weighted by molar-refractivity contribution is -0.123. The Balaban J connectivity index is 1.21. The third-order valence-electron chi connectivity index (χ3n) is 6.70. The second-order valence-electron chi connectivity index (χ2n) is 9.43. The molecule has 190 valence electrons. The standard InChI is InChI=1S/C26H36N4O4S/c1-28(2)22-17-30(18-23(22)31)35(33)25-11-6-5-10-24(25)34-19-26(32)27-13-7-14-29-15-12-20-8-3-4-9-21(20)16-29/h3-6,8-11,22-23,31H,7,12-19H2,1-2H3,(H,27,32). The Morgan fingerprint density at radius 1 is 1.14 bits per heavy atom. The monoisotopic (exact) mass is 500 g/mol. The fraction of sp³-hybridized carbons (Fsp3) is 0.500. The summed E-state index contributed by atoms with van der Waals surface area (Å²) in [6.45, 7) is 4.23. The van der Waals surface area contributed by atoms with Crippen LogP contribution in [0.1, 0.15) is 17.5 Å². The van der Waals surface area contributed by atoms with Crippen LogP contribution in [0.2, 0.25) is 0 Å². The highest BCUT2D eigenvalue weighted by molar-refractivity contribution is 7.82. The second-order valence-corrected chi connectivity index (χ2v) is 10.9. The van der Waals surface area contributed by atoms with E-state index in [2.05, 4.69) is 34.5 Å². The molecule has 3 unspecified atom stereocenters. The highest BCUT2D eigenvalue weighted by atomic mass is 32.2. The van der Waals surface area contributed by atoms with E-state index in [0.29, 0.717) is 30.3 Å². The van der Waals surface area contributed by atoms with Crippen LogP contribution in [-0.4, -0.2) is 94.9 Å². The summed E-state index contributed by atoms with van der Waals surface area (Å²) >= 11 is 0. The minimum atomic E-state index is -1.48. The van der Waals surface area contributed by atoms with Crippen LogP contribution in [0.15, 0.2) is 53.4 Å². The van der Waals surface area contributed by atoms with Gasteiger partial charge in [-0.25, -0.2) is 8.51 Å². The van der Waals surface area contributed by atoms with Gasteiger partial charge in [0.1, 0.15) is 16.7 Å². The van der Waals surface area contributed by atoms with Crippen LogP contribution in [0.25, 0.3) is 0 Å². The second kappa shape index (κ2) is 12.1. The lowest BCUT2D eigenvalue weighted by Gasteiger charge is -2.28. The average molecular weight is 501 g/mol. The number of likely N-dealkylation sites (N-methyl/N-ethyl adjacent to an activating group) is 1. The molecule has 8 nitrogen and oxygen atoms in total. The lowest BCUT2D eigenvalue weighted by Crippen LogP contribution is -2.38. The zero-order chi connectivity index (χ0) is 24.8. The van der Waals surface area contributed by atoms with Gasteiger partial charge in [-0.3, -0.25) is 9.69 Å². The summed E-state index contributed by atoms with van der Waals surface area (Å²) in [6, 6.07) is 15.6. The number of hydrogen-bond donors (Lipinski definition) is 2. The van der Waals surface area contributed by atoms with Crippen molar-refractivity contribution in [1.82, 2.24) is 19.4 Å². The molecule has 9 heteroatoms. The van der Waals surface area contributed by atoms with E-state index in [4.69, 9.17) is 4.74 Å². The molecule has 2 N–H and O–H groups in total. The number of aliphatic hydroxyl groups excluding tert-OH is 1. The number of nitrogens with one attached hydrogen (secondary N) is 1. The molecule has 2 aromatic carbocycles. The Bertz CT molecular complexity index is 1030. The highest BCUT2D eigenvalue weighted by Crippen LogP contribution is 2.27. The smallest absolute Gasteiger partial charge is 0.257 e. The number of rotatable bonds is 10. The van der Waals surface area contributed by atoms with Crippen molar-refractivity contribution >= 4 is 16.9 Å². The number of aliphatic hydroxyl groups is 1. The molecule has 0 aromatic heterocycles. The molecule has 0 bridgehead atoms. The average Bonchev–Trinajstić information content (AvgIpc) is 3.27. The van der Waals surface area contributed by atoms with E-state index in [1.54, 1.807) is 28.6 Å². The van der Waals surface area contributed by atoms with Gasteiger partial charge < -0.3 is 20.1 Å². The van der Waals surface area contributed by atoms with Crippen LogP contribution in [0.5, 0.6) is 5.75 Å². The van der Waals surface area contributed by atoms with Gasteiger partial charge in [-0.15, -0.1) is 0 Å². The fourth-order valence-corrected chi connectivity index (χ4v) is 6.05. The molecule has 3 atom stereocenters. The number of fused-ring (bicyclic) bond motifs is 1. The molecular formula is C26H36N4O4S. The molecule has 4 rings (SSSR count). The molecule has 2 aromatic rings. The van der Waals surface area contributed by atoms with Gasteiger partial charge in [0.15, 0.2) is 6.61 Å². The molecule has 0 saturated carbocycles. The number of nitrogens with zero attached hydrogens (tertiary/aromatic N) is 3. The molecule has 0 spiro atoms.